The highest BCUT2D eigenvalue weighted by molar-refractivity contribution is 5.74. The summed E-state index contributed by atoms with van der Waals surface area (Å²) in [7, 11) is 0. The highest BCUT2D eigenvalue weighted by Gasteiger charge is 2.16. The topological polar surface area (TPSA) is 35.5 Å². The van der Waals surface area contributed by atoms with Crippen LogP contribution in [0.15, 0.2) is 30.3 Å². The van der Waals surface area contributed by atoms with E-state index in [4.69, 9.17) is 9.47 Å². The minimum atomic E-state index is -0.497. The predicted molar refractivity (Wildman–Crippen MR) is 71.4 cm³/mol. The smallest absolute Gasteiger partial charge is 0.335 e. The number of benzene rings is 1. The quantitative estimate of drug-likeness (QED) is 0.698. The van der Waals surface area contributed by atoms with Crippen LogP contribution in [0.4, 0.5) is 0 Å². The maximum atomic E-state index is 11.6. The summed E-state index contributed by atoms with van der Waals surface area (Å²) in [6, 6.07) is 10.1. The van der Waals surface area contributed by atoms with E-state index in [0.717, 1.165) is 12.8 Å². The zero-order valence-electron chi connectivity index (χ0n) is 11.4. The van der Waals surface area contributed by atoms with Crippen LogP contribution in [0.5, 0.6) is 0 Å². The van der Waals surface area contributed by atoms with Gasteiger partial charge in [-0.05, 0) is 32.3 Å². The van der Waals surface area contributed by atoms with Crippen LogP contribution in [0.3, 0.4) is 0 Å². The Labute approximate surface area is 109 Å². The van der Waals surface area contributed by atoms with Crippen molar-refractivity contribution in [1.29, 1.82) is 0 Å². The normalized spacial score (nSPS) is 13.9. The van der Waals surface area contributed by atoms with Gasteiger partial charge in [-0.15, -0.1) is 0 Å². The molecule has 0 bridgehead atoms. The van der Waals surface area contributed by atoms with Gasteiger partial charge in [-0.25, -0.2) is 4.79 Å². The summed E-state index contributed by atoms with van der Waals surface area (Å²) in [5.41, 5.74) is 1.21. The lowest BCUT2D eigenvalue weighted by Crippen LogP contribution is -2.27. The zero-order valence-corrected chi connectivity index (χ0v) is 11.4. The molecule has 0 spiro atoms. The summed E-state index contributed by atoms with van der Waals surface area (Å²) in [5, 5.41) is 0. The summed E-state index contributed by atoms with van der Waals surface area (Å²) >= 11 is 0. The molecule has 2 atom stereocenters. The second-order valence-corrected chi connectivity index (χ2v) is 4.40. The summed E-state index contributed by atoms with van der Waals surface area (Å²) in [5.74, 6) is -0.280. The molecule has 3 heteroatoms. The van der Waals surface area contributed by atoms with Crippen molar-refractivity contribution in [1.82, 2.24) is 0 Å². The lowest BCUT2D eigenvalue weighted by molar-refractivity contribution is -0.160. The highest BCUT2D eigenvalue weighted by atomic mass is 16.6. The summed E-state index contributed by atoms with van der Waals surface area (Å²) in [4.78, 5) is 11.6. The molecule has 0 N–H and O–H groups in total. The predicted octanol–water partition coefficient (Wildman–Crippen LogP) is 2.98. The van der Waals surface area contributed by atoms with Crippen LogP contribution in [0, 0.1) is 0 Å². The minimum Gasteiger partial charge on any atom is -0.461 e. The average molecular weight is 250 g/mol. The molecule has 100 valence electrons. The fourth-order valence-electron chi connectivity index (χ4n) is 1.44. The Balaban J connectivity index is 2.24. The van der Waals surface area contributed by atoms with Gasteiger partial charge in [0.05, 0.1) is 12.7 Å². The van der Waals surface area contributed by atoms with E-state index in [-0.39, 0.29) is 12.1 Å². The first-order valence-electron chi connectivity index (χ1n) is 6.49. The van der Waals surface area contributed by atoms with Gasteiger partial charge in [-0.3, -0.25) is 0 Å². The van der Waals surface area contributed by atoms with E-state index in [9.17, 15) is 4.79 Å². The van der Waals surface area contributed by atoms with Gasteiger partial charge in [-0.2, -0.15) is 0 Å². The second-order valence-electron chi connectivity index (χ2n) is 4.40. The monoisotopic (exact) mass is 250 g/mol. The molecule has 0 radical (unpaired) electrons. The van der Waals surface area contributed by atoms with Crippen LogP contribution < -0.4 is 0 Å². The molecular weight excluding hydrogens is 228 g/mol. The molecular formula is C15H22O3. The number of ether oxygens (including phenoxy) is 2. The van der Waals surface area contributed by atoms with Crippen LogP contribution in [0.2, 0.25) is 0 Å². The summed E-state index contributed by atoms with van der Waals surface area (Å²) in [6.07, 6.45) is 1.09. The van der Waals surface area contributed by atoms with Crippen LogP contribution >= 0.6 is 0 Å². The van der Waals surface area contributed by atoms with Crippen molar-refractivity contribution in [2.75, 3.05) is 6.61 Å². The molecule has 0 aliphatic heterocycles. The van der Waals surface area contributed by atoms with Crippen molar-refractivity contribution in [3.63, 3.8) is 0 Å². The lowest BCUT2D eigenvalue weighted by Gasteiger charge is -2.16. The van der Waals surface area contributed by atoms with Gasteiger partial charge in [-0.1, -0.05) is 37.3 Å². The van der Waals surface area contributed by atoms with E-state index in [0.29, 0.717) is 6.61 Å². The summed E-state index contributed by atoms with van der Waals surface area (Å²) in [6.45, 7) is 6.13. The van der Waals surface area contributed by atoms with Crippen molar-refractivity contribution in [2.24, 2.45) is 0 Å². The Bertz CT molecular complexity index is 348. The largest absolute Gasteiger partial charge is 0.461 e. The first kappa shape index (κ1) is 14.7. The molecule has 1 aromatic rings. The Morgan fingerprint density at radius 3 is 2.50 bits per heavy atom. The molecule has 1 aromatic carbocycles. The van der Waals surface area contributed by atoms with Crippen LogP contribution in [0.25, 0.3) is 0 Å². The van der Waals surface area contributed by atoms with Gasteiger partial charge in [0.1, 0.15) is 0 Å². The van der Waals surface area contributed by atoms with Gasteiger partial charge in [0.25, 0.3) is 0 Å². The fraction of sp³-hybridized carbons (Fsp3) is 0.533. The van der Waals surface area contributed by atoms with Gasteiger partial charge >= 0.3 is 5.97 Å². The molecule has 0 amide bonds. The second kappa shape index (κ2) is 7.88. The zero-order chi connectivity index (χ0) is 13.4. The third-order valence-electron chi connectivity index (χ3n) is 2.83. The van der Waals surface area contributed by atoms with E-state index in [2.05, 4.69) is 0 Å². The number of rotatable bonds is 7. The van der Waals surface area contributed by atoms with Gasteiger partial charge in [0.2, 0.25) is 0 Å². The van der Waals surface area contributed by atoms with Gasteiger partial charge in [0.15, 0.2) is 6.10 Å². The van der Waals surface area contributed by atoms with E-state index < -0.39 is 6.10 Å². The minimum absolute atomic E-state index is 0.0438. The Morgan fingerprint density at radius 2 is 1.89 bits per heavy atom. The van der Waals surface area contributed by atoms with Crippen LogP contribution in [0.1, 0.15) is 32.8 Å². The van der Waals surface area contributed by atoms with E-state index in [1.165, 1.54) is 5.56 Å². The van der Waals surface area contributed by atoms with Crippen molar-refractivity contribution in [3.05, 3.63) is 35.9 Å². The van der Waals surface area contributed by atoms with Crippen LogP contribution in [-0.4, -0.2) is 24.8 Å². The fourth-order valence-corrected chi connectivity index (χ4v) is 1.44. The van der Waals surface area contributed by atoms with E-state index >= 15 is 0 Å². The maximum Gasteiger partial charge on any atom is 0.335 e. The molecule has 0 fully saturated rings. The number of hydrogen-bond acceptors (Lipinski definition) is 3. The molecule has 1 rings (SSSR count). The Morgan fingerprint density at radius 1 is 1.22 bits per heavy atom. The Kier molecular flexibility index (Phi) is 6.44. The molecule has 0 aliphatic rings. The highest BCUT2D eigenvalue weighted by Crippen LogP contribution is 2.04. The van der Waals surface area contributed by atoms with Gasteiger partial charge in [0, 0.05) is 0 Å². The third kappa shape index (κ3) is 5.32. The lowest BCUT2D eigenvalue weighted by atomic mass is 10.2. The molecule has 0 heterocycles. The summed E-state index contributed by atoms with van der Waals surface area (Å²) < 4.78 is 10.7. The SMILES string of the molecule is CCC(C)OC(=O)C(C)OCCc1ccccc1. The van der Waals surface area contributed by atoms with Crippen molar-refractivity contribution >= 4 is 5.97 Å². The first-order chi connectivity index (χ1) is 8.63. The molecule has 0 saturated carbocycles. The molecule has 0 aromatic heterocycles. The standard InChI is InChI=1S/C15H22O3/c1-4-12(2)18-15(16)13(3)17-11-10-14-8-6-5-7-9-14/h5-9,12-13H,4,10-11H2,1-3H3. The van der Waals surface area contributed by atoms with Crippen molar-refractivity contribution in [3.8, 4) is 0 Å². The molecule has 3 nitrogen and oxygen atoms in total. The van der Waals surface area contributed by atoms with Crippen molar-refractivity contribution in [2.45, 2.75) is 45.8 Å². The number of hydrogen-bond donors (Lipinski definition) is 0. The number of carbonyl (C=O) groups excluding carboxylic acids is 1. The molecule has 0 aliphatic carbocycles. The number of carbonyl (C=O) groups is 1. The third-order valence-corrected chi connectivity index (χ3v) is 2.83. The van der Waals surface area contributed by atoms with Crippen molar-refractivity contribution < 1.29 is 14.3 Å². The van der Waals surface area contributed by atoms with Crippen LogP contribution in [-0.2, 0) is 20.7 Å². The molecule has 18 heavy (non-hydrogen) atoms. The van der Waals surface area contributed by atoms with E-state index in [1.54, 1.807) is 6.92 Å². The van der Waals surface area contributed by atoms with E-state index in [1.807, 2.05) is 44.2 Å². The molecule has 2 unspecified atom stereocenters. The Hall–Kier alpha value is -1.35. The maximum absolute atomic E-state index is 11.6. The average Bonchev–Trinajstić information content (AvgIpc) is 2.39. The first-order valence-corrected chi connectivity index (χ1v) is 6.49. The number of esters is 1. The van der Waals surface area contributed by atoms with Gasteiger partial charge < -0.3 is 9.47 Å². The molecule has 0 saturated heterocycles.